The molecule has 0 aliphatic carbocycles. The van der Waals surface area contributed by atoms with Crippen LogP contribution >= 0.6 is 11.3 Å². The fraction of sp³-hybridized carbons (Fsp3) is 0.130. The average molecular weight is 490 g/mol. The second-order valence-corrected chi connectivity index (χ2v) is 9.31. The molecule has 0 saturated heterocycles. The SMILES string of the molecule is CNC(OC(=O)/C=C/C(=O)O)c1cc(-c2ccccc2F)c([S+]([O-])c2cccc(OC)c2)s1. The van der Waals surface area contributed by atoms with Crippen LogP contribution in [-0.2, 0) is 25.5 Å². The Hall–Kier alpha value is -3.18. The predicted octanol–water partition coefficient (Wildman–Crippen LogP) is 4.13. The maximum absolute atomic E-state index is 14.6. The van der Waals surface area contributed by atoms with E-state index in [-0.39, 0.29) is 5.56 Å². The number of carbonyl (C=O) groups is 2. The summed E-state index contributed by atoms with van der Waals surface area (Å²) in [6.07, 6.45) is 0.479. The third-order valence-electron chi connectivity index (χ3n) is 4.42. The number of halogens is 1. The van der Waals surface area contributed by atoms with Crippen LogP contribution in [0.1, 0.15) is 11.1 Å². The van der Waals surface area contributed by atoms with Crippen molar-refractivity contribution in [2.75, 3.05) is 14.2 Å². The summed E-state index contributed by atoms with van der Waals surface area (Å²) in [6.45, 7) is 0. The molecule has 1 heterocycles. The molecular formula is C23H20FNO6S2. The van der Waals surface area contributed by atoms with Crippen molar-refractivity contribution in [1.29, 1.82) is 0 Å². The van der Waals surface area contributed by atoms with Gasteiger partial charge in [0, 0.05) is 35.0 Å². The molecule has 3 aromatic rings. The maximum Gasteiger partial charge on any atom is 0.332 e. The number of methoxy groups -OCH3 is 1. The molecule has 0 fully saturated rings. The van der Waals surface area contributed by atoms with Crippen LogP contribution < -0.4 is 10.1 Å². The van der Waals surface area contributed by atoms with E-state index >= 15 is 0 Å². The Labute approximate surface area is 196 Å². The lowest BCUT2D eigenvalue weighted by molar-refractivity contribution is -0.145. The minimum absolute atomic E-state index is 0.248. The Kier molecular flexibility index (Phi) is 8.23. The van der Waals surface area contributed by atoms with Crippen molar-refractivity contribution in [2.45, 2.75) is 15.3 Å². The number of ether oxygens (including phenoxy) is 2. The van der Waals surface area contributed by atoms with Gasteiger partial charge in [0.05, 0.1) is 17.6 Å². The highest BCUT2D eigenvalue weighted by Crippen LogP contribution is 2.41. The van der Waals surface area contributed by atoms with Gasteiger partial charge < -0.3 is 19.1 Å². The van der Waals surface area contributed by atoms with Crippen molar-refractivity contribution in [1.82, 2.24) is 5.32 Å². The van der Waals surface area contributed by atoms with Gasteiger partial charge in [-0.15, -0.1) is 0 Å². The summed E-state index contributed by atoms with van der Waals surface area (Å²) in [4.78, 5) is 23.5. The fourth-order valence-electron chi connectivity index (χ4n) is 2.90. The molecule has 2 unspecified atom stereocenters. The number of rotatable bonds is 9. The molecule has 0 radical (unpaired) electrons. The lowest BCUT2D eigenvalue weighted by Gasteiger charge is -2.14. The highest BCUT2D eigenvalue weighted by atomic mass is 32.2. The van der Waals surface area contributed by atoms with Gasteiger partial charge >= 0.3 is 11.9 Å². The zero-order chi connectivity index (χ0) is 24.0. The first-order chi connectivity index (χ1) is 15.8. The largest absolute Gasteiger partial charge is 0.606 e. The summed E-state index contributed by atoms with van der Waals surface area (Å²) >= 11 is -0.596. The summed E-state index contributed by atoms with van der Waals surface area (Å²) in [5.41, 5.74) is 0.643. The fourth-order valence-corrected chi connectivity index (χ4v) is 5.74. The molecule has 0 saturated carbocycles. The molecule has 7 nitrogen and oxygen atoms in total. The van der Waals surface area contributed by atoms with E-state index in [0.29, 0.717) is 31.4 Å². The van der Waals surface area contributed by atoms with Crippen molar-refractivity contribution < 1.29 is 33.1 Å². The standard InChI is InChI=1S/C23H20FNO6S2/c1-25-22(31-21(28)11-10-20(26)27)19-13-17(16-8-3-4-9-18(16)24)23(32-19)33(29)15-7-5-6-14(12-15)30-2/h3-13,22,25H,1-2H3,(H,26,27)/b11-10+. The number of benzene rings is 2. The zero-order valence-electron chi connectivity index (χ0n) is 17.6. The van der Waals surface area contributed by atoms with Crippen molar-refractivity contribution in [3.8, 4) is 16.9 Å². The third-order valence-corrected chi connectivity index (χ3v) is 7.34. The minimum atomic E-state index is -1.69. The van der Waals surface area contributed by atoms with Crippen LogP contribution in [-0.4, -0.2) is 35.8 Å². The van der Waals surface area contributed by atoms with Gasteiger partial charge in [-0.25, -0.2) is 14.0 Å². The quantitative estimate of drug-likeness (QED) is 0.201. The number of carbonyl (C=O) groups excluding carboxylic acids is 1. The average Bonchev–Trinajstić information content (AvgIpc) is 3.26. The molecule has 3 rings (SSSR count). The normalized spacial score (nSPS) is 13.0. The molecule has 10 heteroatoms. The highest BCUT2D eigenvalue weighted by molar-refractivity contribution is 7.93. The predicted molar refractivity (Wildman–Crippen MR) is 122 cm³/mol. The molecule has 0 bridgehead atoms. The van der Waals surface area contributed by atoms with Crippen molar-refractivity contribution in [3.63, 3.8) is 0 Å². The lowest BCUT2D eigenvalue weighted by atomic mass is 10.1. The van der Waals surface area contributed by atoms with E-state index in [4.69, 9.17) is 14.6 Å². The third kappa shape index (κ3) is 5.99. The number of nitrogens with one attached hydrogen (secondary N) is 1. The summed E-state index contributed by atoms with van der Waals surface area (Å²) in [5.74, 6) is -2.14. The molecule has 2 atom stereocenters. The molecule has 2 N–H and O–H groups in total. The Balaban J connectivity index is 2.05. The first-order valence-corrected chi connectivity index (χ1v) is 11.5. The van der Waals surface area contributed by atoms with E-state index in [1.54, 1.807) is 55.6 Å². The summed E-state index contributed by atoms with van der Waals surface area (Å²) in [5, 5.41) is 11.5. The topological polar surface area (TPSA) is 108 Å². The molecule has 0 spiro atoms. The first kappa shape index (κ1) is 24.5. The molecule has 2 aromatic carbocycles. The van der Waals surface area contributed by atoms with Gasteiger partial charge in [0.2, 0.25) is 4.21 Å². The van der Waals surface area contributed by atoms with Gasteiger partial charge in [-0.1, -0.05) is 35.6 Å². The smallest absolute Gasteiger partial charge is 0.332 e. The number of hydrogen-bond donors (Lipinski definition) is 2. The van der Waals surface area contributed by atoms with Crippen LogP contribution in [0.2, 0.25) is 0 Å². The summed E-state index contributed by atoms with van der Waals surface area (Å²) in [7, 11) is 3.04. The monoisotopic (exact) mass is 489 g/mol. The highest BCUT2D eigenvalue weighted by Gasteiger charge is 2.29. The van der Waals surface area contributed by atoms with E-state index in [1.807, 2.05) is 0 Å². The lowest BCUT2D eigenvalue weighted by Crippen LogP contribution is -2.21. The van der Waals surface area contributed by atoms with Crippen LogP contribution in [0.4, 0.5) is 4.39 Å². The number of hydrogen-bond acceptors (Lipinski definition) is 7. The van der Waals surface area contributed by atoms with Crippen LogP contribution in [0.15, 0.2) is 75.9 Å². The van der Waals surface area contributed by atoms with E-state index in [2.05, 4.69) is 5.32 Å². The second kappa shape index (κ2) is 11.1. The molecule has 0 amide bonds. The Morgan fingerprint density at radius 2 is 1.91 bits per heavy atom. The minimum Gasteiger partial charge on any atom is -0.606 e. The maximum atomic E-state index is 14.6. The van der Waals surface area contributed by atoms with Gasteiger partial charge in [0.15, 0.2) is 11.1 Å². The molecule has 0 aliphatic heterocycles. The van der Waals surface area contributed by atoms with Gasteiger partial charge in [0.1, 0.15) is 11.6 Å². The van der Waals surface area contributed by atoms with Gasteiger partial charge in [-0.3, -0.25) is 5.32 Å². The van der Waals surface area contributed by atoms with E-state index < -0.39 is 35.2 Å². The van der Waals surface area contributed by atoms with Crippen LogP contribution in [0, 0.1) is 5.82 Å². The number of carboxylic acid groups (broad SMARTS) is 1. The number of carboxylic acids is 1. The number of aliphatic carboxylic acids is 1. The molecule has 0 aliphatic rings. The molecular weight excluding hydrogens is 469 g/mol. The van der Waals surface area contributed by atoms with Gasteiger partial charge in [0.25, 0.3) is 0 Å². The van der Waals surface area contributed by atoms with E-state index in [1.165, 1.54) is 13.2 Å². The van der Waals surface area contributed by atoms with Crippen LogP contribution in [0.5, 0.6) is 5.75 Å². The molecule has 1 aromatic heterocycles. The summed E-state index contributed by atoms with van der Waals surface area (Å²) in [6, 6.07) is 14.4. The summed E-state index contributed by atoms with van der Waals surface area (Å²) < 4.78 is 39.0. The van der Waals surface area contributed by atoms with Crippen molar-refractivity contribution in [3.05, 3.63) is 77.4 Å². The Morgan fingerprint density at radius 3 is 2.58 bits per heavy atom. The van der Waals surface area contributed by atoms with Crippen LogP contribution in [0.25, 0.3) is 11.1 Å². The first-order valence-electron chi connectivity index (χ1n) is 9.57. The van der Waals surface area contributed by atoms with Crippen molar-refractivity contribution in [2.24, 2.45) is 0 Å². The van der Waals surface area contributed by atoms with Gasteiger partial charge in [-0.05, 0) is 31.3 Å². The molecule has 172 valence electrons. The van der Waals surface area contributed by atoms with Gasteiger partial charge in [-0.2, -0.15) is 0 Å². The van der Waals surface area contributed by atoms with E-state index in [9.17, 15) is 18.5 Å². The Morgan fingerprint density at radius 1 is 1.15 bits per heavy atom. The zero-order valence-corrected chi connectivity index (χ0v) is 19.2. The van der Waals surface area contributed by atoms with Crippen molar-refractivity contribution >= 4 is 34.5 Å². The van der Waals surface area contributed by atoms with Crippen LogP contribution in [0.3, 0.4) is 0 Å². The Bertz CT molecular complexity index is 1180. The molecule has 33 heavy (non-hydrogen) atoms. The number of thiophene rings is 1. The second-order valence-electron chi connectivity index (χ2n) is 6.55. The number of esters is 1. The van der Waals surface area contributed by atoms with E-state index in [0.717, 1.165) is 17.4 Å².